The first-order chi connectivity index (χ1) is 13.1. The van der Waals surface area contributed by atoms with E-state index < -0.39 is 0 Å². The highest BCUT2D eigenvalue weighted by molar-refractivity contribution is 6.34. The van der Waals surface area contributed by atoms with Crippen molar-refractivity contribution in [2.45, 2.75) is 6.54 Å². The SMILES string of the molecule is CN(Cc1ccccc1)C(=O)c1ccccc1NC(=O)c1ccccc1Cl. The molecule has 136 valence electrons. The Bertz CT molecular complexity index is 957. The number of rotatable bonds is 5. The zero-order chi connectivity index (χ0) is 19.2. The summed E-state index contributed by atoms with van der Waals surface area (Å²) in [4.78, 5) is 27.1. The quantitative estimate of drug-likeness (QED) is 0.688. The lowest BCUT2D eigenvalue weighted by Gasteiger charge is -2.19. The molecule has 27 heavy (non-hydrogen) atoms. The molecule has 0 bridgehead atoms. The summed E-state index contributed by atoms with van der Waals surface area (Å²) >= 11 is 6.09. The van der Waals surface area contributed by atoms with Crippen molar-refractivity contribution < 1.29 is 9.59 Å². The summed E-state index contributed by atoms with van der Waals surface area (Å²) in [5, 5.41) is 3.16. The predicted molar refractivity (Wildman–Crippen MR) is 108 cm³/mol. The minimum Gasteiger partial charge on any atom is -0.337 e. The maximum atomic E-state index is 12.9. The van der Waals surface area contributed by atoms with Gasteiger partial charge in [-0.25, -0.2) is 0 Å². The van der Waals surface area contributed by atoms with E-state index in [1.165, 1.54) is 0 Å². The number of benzene rings is 3. The molecule has 0 aromatic heterocycles. The Balaban J connectivity index is 1.80. The van der Waals surface area contributed by atoms with E-state index in [1.807, 2.05) is 30.3 Å². The minimum absolute atomic E-state index is 0.172. The first-order valence-electron chi connectivity index (χ1n) is 8.50. The van der Waals surface area contributed by atoms with Gasteiger partial charge in [0.1, 0.15) is 0 Å². The second kappa shape index (κ2) is 8.52. The second-order valence-electron chi connectivity index (χ2n) is 6.13. The number of carbonyl (C=O) groups excluding carboxylic acids is 2. The van der Waals surface area contributed by atoms with Gasteiger partial charge in [0.25, 0.3) is 11.8 Å². The molecule has 5 heteroatoms. The fourth-order valence-corrected chi connectivity index (χ4v) is 2.97. The van der Waals surface area contributed by atoms with Gasteiger partial charge in [-0.3, -0.25) is 9.59 Å². The van der Waals surface area contributed by atoms with Gasteiger partial charge < -0.3 is 10.2 Å². The maximum Gasteiger partial charge on any atom is 0.257 e. The van der Waals surface area contributed by atoms with E-state index in [2.05, 4.69) is 5.32 Å². The number of nitrogens with one attached hydrogen (secondary N) is 1. The lowest BCUT2D eigenvalue weighted by atomic mass is 10.1. The summed E-state index contributed by atoms with van der Waals surface area (Å²) < 4.78 is 0. The van der Waals surface area contributed by atoms with E-state index >= 15 is 0 Å². The lowest BCUT2D eigenvalue weighted by Crippen LogP contribution is -2.27. The topological polar surface area (TPSA) is 49.4 Å². The third-order valence-electron chi connectivity index (χ3n) is 4.13. The summed E-state index contributed by atoms with van der Waals surface area (Å²) in [6, 6.07) is 23.5. The van der Waals surface area contributed by atoms with Crippen LogP contribution in [0.3, 0.4) is 0 Å². The van der Waals surface area contributed by atoms with Gasteiger partial charge in [0, 0.05) is 13.6 Å². The molecule has 1 N–H and O–H groups in total. The summed E-state index contributed by atoms with van der Waals surface area (Å²) in [6.45, 7) is 0.479. The molecule has 0 heterocycles. The van der Waals surface area contributed by atoms with Crippen molar-refractivity contribution >= 4 is 29.1 Å². The Morgan fingerprint density at radius 2 is 1.44 bits per heavy atom. The average Bonchev–Trinajstić information content (AvgIpc) is 2.69. The molecule has 0 atom stereocenters. The van der Waals surface area contributed by atoms with E-state index in [0.717, 1.165) is 5.56 Å². The highest BCUT2D eigenvalue weighted by Crippen LogP contribution is 2.21. The normalized spacial score (nSPS) is 10.3. The number of anilines is 1. The number of halogens is 1. The maximum absolute atomic E-state index is 12.9. The number of hydrogen-bond acceptors (Lipinski definition) is 2. The van der Waals surface area contributed by atoms with Crippen molar-refractivity contribution in [3.63, 3.8) is 0 Å². The molecular weight excluding hydrogens is 360 g/mol. The summed E-state index contributed by atoms with van der Waals surface area (Å²) in [6.07, 6.45) is 0. The van der Waals surface area contributed by atoms with E-state index in [9.17, 15) is 9.59 Å². The molecule has 2 amide bonds. The Kier molecular flexibility index (Phi) is 5.89. The lowest BCUT2D eigenvalue weighted by molar-refractivity contribution is 0.0786. The number of amides is 2. The molecule has 0 aliphatic carbocycles. The Morgan fingerprint density at radius 3 is 2.15 bits per heavy atom. The number of nitrogens with zero attached hydrogens (tertiary/aromatic N) is 1. The Hall–Kier alpha value is -3.11. The Morgan fingerprint density at radius 1 is 0.852 bits per heavy atom. The largest absolute Gasteiger partial charge is 0.337 e. The van der Waals surface area contributed by atoms with Crippen LogP contribution in [0.25, 0.3) is 0 Å². The first-order valence-corrected chi connectivity index (χ1v) is 8.88. The van der Waals surface area contributed by atoms with Crippen LogP contribution in [-0.4, -0.2) is 23.8 Å². The molecule has 0 aliphatic rings. The molecule has 0 aliphatic heterocycles. The van der Waals surface area contributed by atoms with Crippen molar-refractivity contribution in [1.29, 1.82) is 0 Å². The molecule has 3 aromatic carbocycles. The monoisotopic (exact) mass is 378 g/mol. The fraction of sp³-hybridized carbons (Fsp3) is 0.0909. The zero-order valence-electron chi connectivity index (χ0n) is 14.9. The standard InChI is InChI=1S/C22H19ClN2O2/c1-25(15-16-9-3-2-4-10-16)22(27)18-12-6-8-14-20(18)24-21(26)17-11-5-7-13-19(17)23/h2-14H,15H2,1H3,(H,24,26). The summed E-state index contributed by atoms with van der Waals surface area (Å²) in [5.41, 5.74) is 2.27. The number of carbonyl (C=O) groups is 2. The van der Waals surface area contributed by atoms with Gasteiger partial charge in [0.2, 0.25) is 0 Å². The highest BCUT2D eigenvalue weighted by Gasteiger charge is 2.18. The molecule has 0 saturated carbocycles. The van der Waals surface area contributed by atoms with Crippen LogP contribution >= 0.6 is 11.6 Å². The summed E-state index contributed by atoms with van der Waals surface area (Å²) in [7, 11) is 1.74. The van der Waals surface area contributed by atoms with Gasteiger partial charge in [-0.05, 0) is 29.8 Å². The van der Waals surface area contributed by atoms with Crippen molar-refractivity contribution in [3.05, 3.63) is 101 Å². The molecule has 0 radical (unpaired) electrons. The van der Waals surface area contributed by atoms with E-state index in [4.69, 9.17) is 11.6 Å². The van der Waals surface area contributed by atoms with Crippen molar-refractivity contribution in [2.75, 3.05) is 12.4 Å². The van der Waals surface area contributed by atoms with E-state index in [-0.39, 0.29) is 11.8 Å². The highest BCUT2D eigenvalue weighted by atomic mass is 35.5. The van der Waals surface area contributed by atoms with Crippen LogP contribution in [0.4, 0.5) is 5.69 Å². The van der Waals surface area contributed by atoms with Gasteiger partial charge in [-0.1, -0.05) is 66.2 Å². The molecule has 4 nitrogen and oxygen atoms in total. The van der Waals surface area contributed by atoms with Gasteiger partial charge in [-0.2, -0.15) is 0 Å². The average molecular weight is 379 g/mol. The molecule has 3 rings (SSSR count). The van der Waals surface area contributed by atoms with Crippen LogP contribution in [0, 0.1) is 0 Å². The smallest absolute Gasteiger partial charge is 0.257 e. The molecule has 0 unspecified atom stereocenters. The van der Waals surface area contributed by atoms with Crippen LogP contribution in [0.1, 0.15) is 26.3 Å². The Labute approximate surface area is 163 Å². The fourth-order valence-electron chi connectivity index (χ4n) is 2.75. The molecular formula is C22H19ClN2O2. The van der Waals surface area contributed by atoms with Gasteiger partial charge in [0.05, 0.1) is 21.8 Å². The van der Waals surface area contributed by atoms with Crippen LogP contribution in [-0.2, 0) is 6.54 Å². The van der Waals surface area contributed by atoms with Crippen LogP contribution < -0.4 is 5.32 Å². The molecule has 3 aromatic rings. The van der Waals surface area contributed by atoms with Crippen LogP contribution in [0.15, 0.2) is 78.9 Å². The molecule has 0 fully saturated rings. The predicted octanol–water partition coefficient (Wildman–Crippen LogP) is 4.86. The van der Waals surface area contributed by atoms with Gasteiger partial charge in [-0.15, -0.1) is 0 Å². The van der Waals surface area contributed by atoms with E-state index in [0.29, 0.717) is 28.4 Å². The third-order valence-corrected chi connectivity index (χ3v) is 4.46. The van der Waals surface area contributed by atoms with E-state index in [1.54, 1.807) is 60.5 Å². The first kappa shape index (κ1) is 18.7. The third kappa shape index (κ3) is 4.54. The molecule has 0 saturated heterocycles. The van der Waals surface area contributed by atoms with Crippen LogP contribution in [0.5, 0.6) is 0 Å². The second-order valence-corrected chi connectivity index (χ2v) is 6.53. The zero-order valence-corrected chi connectivity index (χ0v) is 15.6. The number of hydrogen-bond donors (Lipinski definition) is 1. The number of para-hydroxylation sites is 1. The van der Waals surface area contributed by atoms with Crippen molar-refractivity contribution in [1.82, 2.24) is 4.90 Å². The van der Waals surface area contributed by atoms with Crippen LogP contribution in [0.2, 0.25) is 5.02 Å². The molecule has 0 spiro atoms. The van der Waals surface area contributed by atoms with Gasteiger partial charge in [0.15, 0.2) is 0 Å². The van der Waals surface area contributed by atoms with Crippen molar-refractivity contribution in [2.24, 2.45) is 0 Å². The van der Waals surface area contributed by atoms with Gasteiger partial charge >= 0.3 is 0 Å². The summed E-state index contributed by atoms with van der Waals surface area (Å²) in [5.74, 6) is -0.527. The van der Waals surface area contributed by atoms with Crippen molar-refractivity contribution in [3.8, 4) is 0 Å². The minimum atomic E-state index is -0.355.